The Bertz CT molecular complexity index is 1240. The van der Waals surface area contributed by atoms with E-state index in [1.807, 2.05) is 0 Å². The van der Waals surface area contributed by atoms with E-state index in [1.165, 1.54) is 83.5 Å². The summed E-state index contributed by atoms with van der Waals surface area (Å²) in [5.41, 5.74) is 0. The SMILES string of the molecule is CC/C=C/C/C=C/C/C=C/C/C=C/CCCCCCCCC(=O)OCC(COCCC(C(=O)[O-])[N+](C)(C)C)OC(=O)CCCCCCCCCCCC/C=C/C=C/CCCCC. The van der Waals surface area contributed by atoms with Gasteiger partial charge in [-0.25, -0.2) is 0 Å². The van der Waals surface area contributed by atoms with Crippen LogP contribution in [0.1, 0.15) is 200 Å². The third-order valence-electron chi connectivity index (χ3n) is 10.9. The molecule has 62 heavy (non-hydrogen) atoms. The van der Waals surface area contributed by atoms with E-state index in [9.17, 15) is 19.5 Å². The molecule has 0 aromatic carbocycles. The second kappa shape index (κ2) is 44.4. The summed E-state index contributed by atoms with van der Waals surface area (Å²) in [5, 5.41) is 11.7. The van der Waals surface area contributed by atoms with Gasteiger partial charge in [0.15, 0.2) is 6.10 Å². The highest BCUT2D eigenvalue weighted by atomic mass is 16.6. The maximum absolute atomic E-state index is 12.8. The second-order valence-electron chi connectivity index (χ2n) is 17.7. The number of rotatable bonds is 44. The van der Waals surface area contributed by atoms with Gasteiger partial charge in [-0.15, -0.1) is 0 Å². The molecule has 0 heterocycles. The molecule has 8 nitrogen and oxygen atoms in total. The average molecular weight is 868 g/mol. The molecule has 0 aliphatic carbocycles. The molecule has 0 bridgehead atoms. The second-order valence-corrected chi connectivity index (χ2v) is 17.7. The lowest BCUT2D eigenvalue weighted by Crippen LogP contribution is -2.55. The molecular formula is C54H93NO7. The summed E-state index contributed by atoms with van der Waals surface area (Å²) >= 11 is 0. The van der Waals surface area contributed by atoms with Gasteiger partial charge in [0.1, 0.15) is 12.6 Å². The molecule has 0 saturated carbocycles. The number of aliphatic carboxylic acids is 1. The van der Waals surface area contributed by atoms with E-state index < -0.39 is 18.1 Å². The highest BCUT2D eigenvalue weighted by Gasteiger charge is 2.25. The fraction of sp³-hybridized carbons (Fsp3) is 0.722. The molecule has 8 heteroatoms. The molecule has 0 aliphatic rings. The molecule has 0 rings (SSSR count). The number of carboxylic acids is 1. The Morgan fingerprint density at radius 3 is 1.44 bits per heavy atom. The number of carboxylic acid groups (broad SMARTS) is 1. The highest BCUT2D eigenvalue weighted by Crippen LogP contribution is 2.14. The normalized spacial score (nSPS) is 13.5. The van der Waals surface area contributed by atoms with Gasteiger partial charge in [0.25, 0.3) is 0 Å². The van der Waals surface area contributed by atoms with Gasteiger partial charge in [-0.3, -0.25) is 9.59 Å². The molecule has 0 amide bonds. The van der Waals surface area contributed by atoms with Crippen LogP contribution < -0.4 is 5.11 Å². The van der Waals surface area contributed by atoms with Crippen LogP contribution in [0.3, 0.4) is 0 Å². The van der Waals surface area contributed by atoms with Crippen molar-refractivity contribution in [3.05, 3.63) is 72.9 Å². The number of carbonyl (C=O) groups excluding carboxylic acids is 3. The lowest BCUT2D eigenvalue weighted by Gasteiger charge is -2.34. The maximum Gasteiger partial charge on any atom is 0.306 e. The molecule has 2 atom stereocenters. The molecule has 0 N–H and O–H groups in total. The highest BCUT2D eigenvalue weighted by molar-refractivity contribution is 5.70. The molecule has 0 aliphatic heterocycles. The van der Waals surface area contributed by atoms with Crippen molar-refractivity contribution in [2.45, 2.75) is 212 Å². The maximum atomic E-state index is 12.8. The number of hydrogen-bond donors (Lipinski definition) is 0. The molecule has 0 fully saturated rings. The van der Waals surface area contributed by atoms with E-state index in [0.29, 0.717) is 12.8 Å². The number of likely N-dealkylation sites (N-methyl/N-ethyl adjacent to an activating group) is 1. The Hall–Kier alpha value is -3.23. The van der Waals surface area contributed by atoms with E-state index >= 15 is 0 Å². The molecule has 2 unspecified atom stereocenters. The zero-order chi connectivity index (χ0) is 45.6. The van der Waals surface area contributed by atoms with Gasteiger partial charge in [-0.1, -0.05) is 177 Å². The molecule has 356 valence electrons. The average Bonchev–Trinajstić information content (AvgIpc) is 3.23. The molecule has 0 aromatic heterocycles. The number of unbranched alkanes of at least 4 members (excludes halogenated alkanes) is 19. The quantitative estimate of drug-likeness (QED) is 0.0198. The van der Waals surface area contributed by atoms with Crippen LogP contribution in [0.15, 0.2) is 72.9 Å². The third-order valence-corrected chi connectivity index (χ3v) is 10.9. The standard InChI is InChI=1S/C54H93NO7/c1-6-8-10-12-14-16-18-20-22-24-26-28-30-32-34-36-38-40-42-44-52(56)61-49-50(48-60-47-46-51(54(58)59)55(3,4)5)62-53(57)45-43-41-39-37-35-33-31-29-27-25-23-21-19-17-15-13-11-9-7-2/h8,10,14-17,19-22,26,28,50-51H,6-7,9,11-13,18,23-25,27,29-49H2,1-5H3/b10-8+,16-14+,17-15+,21-19+,22-20+,28-26+. The van der Waals surface area contributed by atoms with Crippen LogP contribution in [0.25, 0.3) is 0 Å². The summed E-state index contributed by atoms with van der Waals surface area (Å²) in [5.74, 6) is -1.76. The van der Waals surface area contributed by atoms with Crippen LogP contribution >= 0.6 is 0 Å². The summed E-state index contributed by atoms with van der Waals surface area (Å²) in [6, 6.07) is -0.732. The minimum atomic E-state index is -1.13. The van der Waals surface area contributed by atoms with Crippen molar-refractivity contribution < 1.29 is 38.2 Å². The van der Waals surface area contributed by atoms with Gasteiger partial charge in [0.05, 0.1) is 40.3 Å². The van der Waals surface area contributed by atoms with Crippen LogP contribution in [-0.4, -0.2) is 75.5 Å². The predicted octanol–water partition coefficient (Wildman–Crippen LogP) is 13.0. The number of nitrogens with zero attached hydrogens (tertiary/aromatic N) is 1. The number of carbonyl (C=O) groups is 3. The summed E-state index contributed by atoms with van der Waals surface area (Å²) in [6.07, 6.45) is 56.3. The Morgan fingerprint density at radius 2 is 0.952 bits per heavy atom. The number of quaternary nitrogens is 1. The lowest BCUT2D eigenvalue weighted by molar-refractivity contribution is -0.889. The van der Waals surface area contributed by atoms with Gasteiger partial charge < -0.3 is 28.6 Å². The van der Waals surface area contributed by atoms with Crippen LogP contribution in [0.5, 0.6) is 0 Å². The number of allylic oxidation sites excluding steroid dienone is 12. The molecule has 0 saturated heterocycles. The van der Waals surface area contributed by atoms with Crippen molar-refractivity contribution in [1.29, 1.82) is 0 Å². The molecule has 0 radical (unpaired) electrons. The van der Waals surface area contributed by atoms with E-state index in [0.717, 1.165) is 83.5 Å². The monoisotopic (exact) mass is 868 g/mol. The van der Waals surface area contributed by atoms with Gasteiger partial charge in [-0.2, -0.15) is 0 Å². The van der Waals surface area contributed by atoms with Crippen molar-refractivity contribution in [1.82, 2.24) is 0 Å². The molecule has 0 spiro atoms. The number of hydrogen-bond acceptors (Lipinski definition) is 7. The van der Waals surface area contributed by atoms with Crippen LogP contribution in [0.2, 0.25) is 0 Å². The van der Waals surface area contributed by atoms with Crippen molar-refractivity contribution in [3.63, 3.8) is 0 Å². The first-order chi connectivity index (χ1) is 30.1. The summed E-state index contributed by atoms with van der Waals surface area (Å²) < 4.78 is 17.2. The van der Waals surface area contributed by atoms with Crippen LogP contribution in [0, 0.1) is 0 Å². The van der Waals surface area contributed by atoms with Gasteiger partial charge in [0, 0.05) is 19.3 Å². The van der Waals surface area contributed by atoms with Crippen molar-refractivity contribution in [2.75, 3.05) is 41.0 Å². The van der Waals surface area contributed by atoms with Crippen LogP contribution in [0.4, 0.5) is 0 Å². The van der Waals surface area contributed by atoms with Crippen molar-refractivity contribution >= 4 is 17.9 Å². The Morgan fingerprint density at radius 1 is 0.516 bits per heavy atom. The topological polar surface area (TPSA) is 102 Å². The Labute approximate surface area is 381 Å². The van der Waals surface area contributed by atoms with E-state index in [4.69, 9.17) is 14.2 Å². The largest absolute Gasteiger partial charge is 0.544 e. The lowest BCUT2D eigenvalue weighted by atomic mass is 10.1. The summed E-state index contributed by atoms with van der Waals surface area (Å²) in [7, 11) is 5.40. The summed E-state index contributed by atoms with van der Waals surface area (Å²) in [6.45, 7) is 4.51. The first kappa shape index (κ1) is 58.8. The van der Waals surface area contributed by atoms with Gasteiger partial charge in [-0.05, 0) is 77.0 Å². The fourth-order valence-corrected chi connectivity index (χ4v) is 6.99. The van der Waals surface area contributed by atoms with E-state index in [-0.39, 0.29) is 42.7 Å². The zero-order valence-electron chi connectivity index (χ0n) is 40.5. The van der Waals surface area contributed by atoms with Crippen molar-refractivity contribution in [2.24, 2.45) is 0 Å². The predicted molar refractivity (Wildman–Crippen MR) is 259 cm³/mol. The third kappa shape index (κ3) is 42.1. The first-order valence-corrected chi connectivity index (χ1v) is 25.0. The van der Waals surface area contributed by atoms with Crippen LogP contribution in [-0.2, 0) is 28.6 Å². The van der Waals surface area contributed by atoms with E-state index in [2.05, 4.69) is 86.8 Å². The number of ether oxygens (including phenoxy) is 3. The summed E-state index contributed by atoms with van der Waals surface area (Å²) in [4.78, 5) is 37.0. The zero-order valence-corrected chi connectivity index (χ0v) is 40.5. The van der Waals surface area contributed by atoms with Gasteiger partial charge >= 0.3 is 11.9 Å². The van der Waals surface area contributed by atoms with E-state index in [1.54, 1.807) is 21.1 Å². The number of esters is 2. The Kier molecular flexibility index (Phi) is 42.1. The van der Waals surface area contributed by atoms with Crippen molar-refractivity contribution in [3.8, 4) is 0 Å². The first-order valence-electron chi connectivity index (χ1n) is 25.0. The minimum absolute atomic E-state index is 0.0318. The smallest absolute Gasteiger partial charge is 0.306 e. The van der Waals surface area contributed by atoms with Gasteiger partial charge in [0.2, 0.25) is 0 Å². The Balaban J connectivity index is 4.30. The minimum Gasteiger partial charge on any atom is -0.544 e. The molecular weight excluding hydrogens is 775 g/mol. The molecule has 0 aromatic rings. The fourth-order valence-electron chi connectivity index (χ4n) is 6.99.